The second-order valence-corrected chi connectivity index (χ2v) is 6.55. The molecule has 1 aromatic rings. The highest BCUT2D eigenvalue weighted by Gasteiger charge is 2.46. The number of aryl methyl sites for hydroxylation is 1. The van der Waals surface area contributed by atoms with E-state index in [9.17, 15) is 23.7 Å². The Morgan fingerprint density at radius 2 is 1.77 bits per heavy atom. The number of hydrogen-bond acceptors (Lipinski definition) is 8. The van der Waals surface area contributed by atoms with Crippen LogP contribution in [0, 0.1) is 6.92 Å². The van der Waals surface area contributed by atoms with Gasteiger partial charge < -0.3 is 25.2 Å². The predicted octanol–water partition coefficient (Wildman–Crippen LogP) is -1.50. The van der Waals surface area contributed by atoms with Crippen LogP contribution in [-0.4, -0.2) is 66.2 Å². The number of aliphatic hydroxyl groups excluding tert-OH is 4. The van der Waals surface area contributed by atoms with Gasteiger partial charge in [0.05, 0.1) is 11.5 Å². The molecule has 8 nitrogen and oxygen atoms in total. The highest BCUT2D eigenvalue weighted by Crippen LogP contribution is 2.26. The first kappa shape index (κ1) is 17.3. The molecule has 0 saturated carbocycles. The molecule has 0 radical (unpaired) electrons. The van der Waals surface area contributed by atoms with Crippen LogP contribution in [-0.2, 0) is 19.0 Å². The minimum absolute atomic E-state index is 0.105. The third-order valence-electron chi connectivity index (χ3n) is 3.43. The summed E-state index contributed by atoms with van der Waals surface area (Å²) in [6.07, 6.45) is -8.05. The van der Waals surface area contributed by atoms with Crippen LogP contribution in [0.4, 0.5) is 0 Å². The standard InChI is InChI=1S/C13H18O8S/c1-7-4-2-3-5-9(7)22(18,19)21-13-12(17)11(16)10(15)8(6-14)20-13/h2-5,8,10-17H,6H2,1H3/t8-,10-,11+,12+,13-/m1/s1. The van der Waals surface area contributed by atoms with Crippen LogP contribution in [0.2, 0.25) is 0 Å². The van der Waals surface area contributed by atoms with Gasteiger partial charge in [-0.15, -0.1) is 0 Å². The summed E-state index contributed by atoms with van der Waals surface area (Å²) in [5.41, 5.74) is 0.437. The lowest BCUT2D eigenvalue weighted by atomic mass is 10.00. The predicted molar refractivity (Wildman–Crippen MR) is 73.2 cm³/mol. The quantitative estimate of drug-likeness (QED) is 0.489. The number of aliphatic hydroxyl groups is 4. The summed E-state index contributed by atoms with van der Waals surface area (Å²) in [5.74, 6) is 0. The second kappa shape index (κ2) is 6.59. The molecule has 0 amide bonds. The van der Waals surface area contributed by atoms with E-state index in [1.807, 2.05) is 0 Å². The Balaban J connectivity index is 2.23. The molecule has 0 bridgehead atoms. The molecule has 1 aliphatic heterocycles. The Hall–Kier alpha value is -1.07. The van der Waals surface area contributed by atoms with Gasteiger partial charge in [-0.05, 0) is 18.6 Å². The van der Waals surface area contributed by atoms with Gasteiger partial charge >= 0.3 is 0 Å². The highest BCUT2D eigenvalue weighted by molar-refractivity contribution is 7.86. The Kier molecular flexibility index (Phi) is 5.17. The van der Waals surface area contributed by atoms with Crippen molar-refractivity contribution in [2.24, 2.45) is 0 Å². The number of rotatable bonds is 4. The maximum absolute atomic E-state index is 12.2. The lowest BCUT2D eigenvalue weighted by Gasteiger charge is -2.39. The molecular formula is C13H18O8S. The van der Waals surface area contributed by atoms with E-state index in [1.54, 1.807) is 19.1 Å². The minimum Gasteiger partial charge on any atom is -0.394 e. The molecule has 9 heteroatoms. The molecule has 0 aromatic heterocycles. The molecule has 0 spiro atoms. The normalized spacial score (nSPS) is 32.9. The lowest BCUT2D eigenvalue weighted by Crippen LogP contribution is -2.59. The largest absolute Gasteiger partial charge is 0.394 e. The summed E-state index contributed by atoms with van der Waals surface area (Å²) in [6, 6.07) is 6.07. The summed E-state index contributed by atoms with van der Waals surface area (Å²) < 4.78 is 34.3. The van der Waals surface area contributed by atoms with Crippen LogP contribution in [0.15, 0.2) is 29.2 Å². The number of benzene rings is 1. The minimum atomic E-state index is -4.26. The van der Waals surface area contributed by atoms with Crippen molar-refractivity contribution < 1.29 is 37.8 Å². The van der Waals surface area contributed by atoms with Gasteiger partial charge in [-0.3, -0.25) is 0 Å². The average molecular weight is 334 g/mol. The molecule has 1 saturated heterocycles. The average Bonchev–Trinajstić information content (AvgIpc) is 2.48. The van der Waals surface area contributed by atoms with Gasteiger partial charge in [0.25, 0.3) is 10.1 Å². The van der Waals surface area contributed by atoms with Gasteiger partial charge in [0, 0.05) is 0 Å². The zero-order valence-electron chi connectivity index (χ0n) is 11.7. The molecule has 4 N–H and O–H groups in total. The summed E-state index contributed by atoms with van der Waals surface area (Å²) >= 11 is 0. The maximum atomic E-state index is 12.2. The van der Waals surface area contributed by atoms with Crippen molar-refractivity contribution in [2.75, 3.05) is 6.61 Å². The Morgan fingerprint density at radius 3 is 2.36 bits per heavy atom. The molecule has 1 aliphatic rings. The van der Waals surface area contributed by atoms with E-state index in [0.717, 1.165) is 0 Å². The van der Waals surface area contributed by atoms with E-state index in [4.69, 9.17) is 14.0 Å². The van der Waals surface area contributed by atoms with Crippen molar-refractivity contribution >= 4 is 10.1 Å². The summed E-state index contributed by atoms with van der Waals surface area (Å²) in [6.45, 7) is 0.902. The van der Waals surface area contributed by atoms with Gasteiger partial charge in [-0.1, -0.05) is 18.2 Å². The summed E-state index contributed by atoms with van der Waals surface area (Å²) in [5, 5.41) is 38.1. The highest BCUT2D eigenvalue weighted by atomic mass is 32.2. The molecule has 1 aromatic carbocycles. The maximum Gasteiger partial charge on any atom is 0.299 e. The third-order valence-corrected chi connectivity index (χ3v) is 4.87. The molecule has 0 aliphatic carbocycles. The molecule has 22 heavy (non-hydrogen) atoms. The second-order valence-electron chi connectivity index (χ2n) is 5.01. The van der Waals surface area contributed by atoms with Crippen molar-refractivity contribution in [3.63, 3.8) is 0 Å². The van der Waals surface area contributed by atoms with E-state index >= 15 is 0 Å². The van der Waals surface area contributed by atoms with Crippen LogP contribution >= 0.6 is 0 Å². The molecule has 5 atom stereocenters. The van der Waals surface area contributed by atoms with Gasteiger partial charge in [0.15, 0.2) is 0 Å². The van der Waals surface area contributed by atoms with Crippen LogP contribution in [0.5, 0.6) is 0 Å². The van der Waals surface area contributed by atoms with E-state index in [1.165, 1.54) is 12.1 Å². The zero-order chi connectivity index (χ0) is 16.5. The molecule has 1 fully saturated rings. The topological polar surface area (TPSA) is 134 Å². The number of ether oxygens (including phenoxy) is 1. The van der Waals surface area contributed by atoms with Crippen molar-refractivity contribution in [1.29, 1.82) is 0 Å². The fraction of sp³-hybridized carbons (Fsp3) is 0.538. The van der Waals surface area contributed by atoms with E-state index in [2.05, 4.69) is 0 Å². The molecule has 2 rings (SSSR count). The summed E-state index contributed by atoms with van der Waals surface area (Å²) in [4.78, 5) is -0.105. The Morgan fingerprint density at radius 1 is 1.14 bits per heavy atom. The van der Waals surface area contributed by atoms with Gasteiger partial charge in [0.2, 0.25) is 6.29 Å². The smallest absolute Gasteiger partial charge is 0.299 e. The van der Waals surface area contributed by atoms with Gasteiger partial charge in [0.1, 0.15) is 24.4 Å². The molecule has 0 unspecified atom stereocenters. The van der Waals surface area contributed by atoms with Gasteiger partial charge in [-0.2, -0.15) is 8.42 Å². The van der Waals surface area contributed by atoms with E-state index < -0.39 is 47.4 Å². The van der Waals surface area contributed by atoms with Crippen molar-refractivity contribution in [1.82, 2.24) is 0 Å². The monoisotopic (exact) mass is 334 g/mol. The van der Waals surface area contributed by atoms with Crippen LogP contribution < -0.4 is 0 Å². The Labute approximate surface area is 127 Å². The van der Waals surface area contributed by atoms with Crippen molar-refractivity contribution in [2.45, 2.75) is 42.5 Å². The van der Waals surface area contributed by atoms with Crippen LogP contribution in [0.25, 0.3) is 0 Å². The third kappa shape index (κ3) is 3.30. The Bertz CT molecular complexity index is 614. The van der Waals surface area contributed by atoms with Crippen LogP contribution in [0.3, 0.4) is 0 Å². The van der Waals surface area contributed by atoms with Crippen LogP contribution in [0.1, 0.15) is 5.56 Å². The fourth-order valence-corrected chi connectivity index (χ4v) is 3.38. The van der Waals surface area contributed by atoms with Crippen molar-refractivity contribution in [3.05, 3.63) is 29.8 Å². The molecular weight excluding hydrogens is 316 g/mol. The van der Waals surface area contributed by atoms with Gasteiger partial charge in [-0.25, -0.2) is 4.18 Å². The lowest BCUT2D eigenvalue weighted by molar-refractivity contribution is -0.276. The first-order chi connectivity index (χ1) is 10.3. The first-order valence-corrected chi connectivity index (χ1v) is 7.98. The molecule has 1 heterocycles. The van der Waals surface area contributed by atoms with E-state index in [0.29, 0.717) is 5.56 Å². The van der Waals surface area contributed by atoms with E-state index in [-0.39, 0.29) is 4.90 Å². The zero-order valence-corrected chi connectivity index (χ0v) is 12.5. The first-order valence-electron chi connectivity index (χ1n) is 6.57. The number of hydrogen-bond donors (Lipinski definition) is 4. The van der Waals surface area contributed by atoms with Crippen molar-refractivity contribution in [3.8, 4) is 0 Å². The molecule has 124 valence electrons. The fourth-order valence-electron chi connectivity index (χ4n) is 2.16. The summed E-state index contributed by atoms with van der Waals surface area (Å²) in [7, 11) is -4.26. The SMILES string of the molecule is Cc1ccccc1S(=O)(=O)O[C@H]1O[C@H](CO)[C@@H](O)[C@H](O)[C@@H]1O.